The summed E-state index contributed by atoms with van der Waals surface area (Å²) in [5.41, 5.74) is -0.855. The van der Waals surface area contributed by atoms with Gasteiger partial charge < -0.3 is 4.74 Å². The van der Waals surface area contributed by atoms with Gasteiger partial charge in [0.15, 0.2) is 0 Å². The molecule has 0 saturated heterocycles. The maximum absolute atomic E-state index is 11.9. The standard InChI is InChI=1S/C9H16ClF3O3S/c1-3-8(4-2,7-17(10,14)15)5-16-6-9(11,12)13/h3-7H2,1-2H3. The summed E-state index contributed by atoms with van der Waals surface area (Å²) >= 11 is 0. The van der Waals surface area contributed by atoms with Gasteiger partial charge in [0.1, 0.15) is 6.61 Å². The lowest BCUT2D eigenvalue weighted by molar-refractivity contribution is -0.180. The Kier molecular flexibility index (Phi) is 6.24. The largest absolute Gasteiger partial charge is 0.411 e. The predicted octanol–water partition coefficient (Wildman–Crippen LogP) is 2.94. The van der Waals surface area contributed by atoms with Crippen LogP contribution in [0.15, 0.2) is 0 Å². The molecule has 0 aliphatic heterocycles. The van der Waals surface area contributed by atoms with Gasteiger partial charge in [0.05, 0.1) is 12.4 Å². The normalized spacial score (nSPS) is 14.0. The number of halogens is 4. The third kappa shape index (κ3) is 7.83. The minimum Gasteiger partial charge on any atom is -0.371 e. The summed E-state index contributed by atoms with van der Waals surface area (Å²) in [5.74, 6) is -0.383. The molecule has 0 atom stereocenters. The molecule has 104 valence electrons. The van der Waals surface area contributed by atoms with E-state index in [4.69, 9.17) is 10.7 Å². The average Bonchev–Trinajstić information content (AvgIpc) is 2.12. The van der Waals surface area contributed by atoms with Gasteiger partial charge in [0, 0.05) is 16.1 Å². The maximum atomic E-state index is 11.9. The molecule has 3 nitrogen and oxygen atoms in total. The smallest absolute Gasteiger partial charge is 0.371 e. The Morgan fingerprint density at radius 3 is 1.88 bits per heavy atom. The van der Waals surface area contributed by atoms with E-state index in [1.54, 1.807) is 13.8 Å². The summed E-state index contributed by atoms with van der Waals surface area (Å²) in [6, 6.07) is 0. The highest BCUT2D eigenvalue weighted by Gasteiger charge is 2.34. The van der Waals surface area contributed by atoms with Crippen molar-refractivity contribution in [1.29, 1.82) is 0 Å². The molecule has 0 N–H and O–H groups in total. The van der Waals surface area contributed by atoms with E-state index in [0.717, 1.165) is 0 Å². The average molecular weight is 297 g/mol. The zero-order chi connectivity index (χ0) is 13.7. The second-order valence-electron chi connectivity index (χ2n) is 4.00. The fraction of sp³-hybridized carbons (Fsp3) is 1.00. The van der Waals surface area contributed by atoms with Crippen molar-refractivity contribution in [3.8, 4) is 0 Å². The summed E-state index contributed by atoms with van der Waals surface area (Å²) in [4.78, 5) is 0. The van der Waals surface area contributed by atoms with Gasteiger partial charge in [0.2, 0.25) is 9.05 Å². The SMILES string of the molecule is CCC(CC)(COCC(F)(F)F)CS(=O)(=O)Cl. The molecular weight excluding hydrogens is 281 g/mol. The van der Waals surface area contributed by atoms with Crippen molar-refractivity contribution < 1.29 is 26.3 Å². The molecule has 0 radical (unpaired) electrons. The molecule has 0 rings (SSSR count). The van der Waals surface area contributed by atoms with Crippen LogP contribution < -0.4 is 0 Å². The van der Waals surface area contributed by atoms with Crippen molar-refractivity contribution in [2.45, 2.75) is 32.9 Å². The number of alkyl halides is 3. The van der Waals surface area contributed by atoms with E-state index in [9.17, 15) is 21.6 Å². The molecule has 0 aliphatic rings. The molecule has 0 saturated carbocycles. The summed E-state index contributed by atoms with van der Waals surface area (Å²) in [7, 11) is 1.38. The lowest BCUT2D eigenvalue weighted by Gasteiger charge is -2.30. The second-order valence-corrected chi connectivity index (χ2v) is 6.78. The van der Waals surface area contributed by atoms with Crippen LogP contribution in [0.2, 0.25) is 0 Å². The fourth-order valence-electron chi connectivity index (χ4n) is 1.45. The van der Waals surface area contributed by atoms with Crippen LogP contribution in [-0.2, 0) is 13.8 Å². The molecule has 0 aromatic heterocycles. The van der Waals surface area contributed by atoms with Crippen molar-refractivity contribution in [3.63, 3.8) is 0 Å². The van der Waals surface area contributed by atoms with E-state index in [0.29, 0.717) is 12.8 Å². The van der Waals surface area contributed by atoms with E-state index in [1.807, 2.05) is 0 Å². The summed E-state index contributed by atoms with van der Waals surface area (Å²) in [5, 5.41) is 0. The molecule has 0 heterocycles. The highest BCUT2D eigenvalue weighted by molar-refractivity contribution is 8.13. The molecule has 0 aromatic rings. The topological polar surface area (TPSA) is 43.4 Å². The van der Waals surface area contributed by atoms with Crippen LogP contribution in [0.5, 0.6) is 0 Å². The zero-order valence-corrected chi connectivity index (χ0v) is 11.3. The van der Waals surface area contributed by atoms with E-state index >= 15 is 0 Å². The monoisotopic (exact) mass is 296 g/mol. The van der Waals surface area contributed by atoms with Crippen LogP contribution in [0.4, 0.5) is 13.2 Å². The molecule has 0 bridgehead atoms. The van der Waals surface area contributed by atoms with Crippen LogP contribution >= 0.6 is 10.7 Å². The zero-order valence-electron chi connectivity index (χ0n) is 9.68. The number of hydrogen-bond acceptors (Lipinski definition) is 3. The van der Waals surface area contributed by atoms with Crippen molar-refractivity contribution >= 4 is 19.7 Å². The molecule has 8 heteroatoms. The third-order valence-corrected chi connectivity index (χ3v) is 3.94. The molecule has 17 heavy (non-hydrogen) atoms. The van der Waals surface area contributed by atoms with Crippen LogP contribution in [0.1, 0.15) is 26.7 Å². The summed E-state index contributed by atoms with van der Waals surface area (Å²) in [6.07, 6.45) is -3.65. The second kappa shape index (κ2) is 6.24. The Morgan fingerprint density at radius 2 is 1.59 bits per heavy atom. The van der Waals surface area contributed by atoms with Crippen LogP contribution in [-0.4, -0.2) is 33.6 Å². The molecular formula is C9H16ClF3O3S. The number of hydrogen-bond donors (Lipinski definition) is 0. The lowest BCUT2D eigenvalue weighted by Crippen LogP contribution is -2.34. The first-order valence-corrected chi connectivity index (χ1v) is 7.58. The van der Waals surface area contributed by atoms with E-state index in [1.165, 1.54) is 0 Å². The minimum absolute atomic E-state index is 0.272. The molecule has 0 unspecified atom stereocenters. The van der Waals surface area contributed by atoms with Gasteiger partial charge in [-0.25, -0.2) is 8.42 Å². The predicted molar refractivity (Wildman–Crippen MR) is 59.5 cm³/mol. The van der Waals surface area contributed by atoms with Gasteiger partial charge in [-0.15, -0.1) is 0 Å². The highest BCUT2D eigenvalue weighted by atomic mass is 35.7. The Hall–Kier alpha value is -0.0100. The lowest BCUT2D eigenvalue weighted by atomic mass is 9.85. The Balaban J connectivity index is 4.52. The number of ether oxygens (including phenoxy) is 1. The maximum Gasteiger partial charge on any atom is 0.411 e. The van der Waals surface area contributed by atoms with Gasteiger partial charge in [-0.05, 0) is 12.8 Å². The van der Waals surface area contributed by atoms with Crippen molar-refractivity contribution in [2.75, 3.05) is 19.0 Å². The molecule has 0 aliphatic carbocycles. The summed E-state index contributed by atoms with van der Waals surface area (Å²) in [6.45, 7) is 1.74. The highest BCUT2D eigenvalue weighted by Crippen LogP contribution is 2.30. The van der Waals surface area contributed by atoms with Gasteiger partial charge in [-0.3, -0.25) is 0 Å². The van der Waals surface area contributed by atoms with Crippen molar-refractivity contribution in [1.82, 2.24) is 0 Å². The van der Waals surface area contributed by atoms with Crippen molar-refractivity contribution in [3.05, 3.63) is 0 Å². The van der Waals surface area contributed by atoms with Gasteiger partial charge in [0.25, 0.3) is 0 Å². The van der Waals surface area contributed by atoms with Crippen LogP contribution in [0.3, 0.4) is 0 Å². The molecule has 0 amide bonds. The first-order chi connectivity index (χ1) is 7.54. The third-order valence-electron chi connectivity index (χ3n) is 2.65. The van der Waals surface area contributed by atoms with E-state index in [2.05, 4.69) is 4.74 Å². The summed E-state index contributed by atoms with van der Waals surface area (Å²) < 4.78 is 62.3. The van der Waals surface area contributed by atoms with Gasteiger partial charge in [-0.2, -0.15) is 13.2 Å². The Morgan fingerprint density at radius 1 is 1.12 bits per heavy atom. The van der Waals surface area contributed by atoms with E-state index < -0.39 is 27.2 Å². The first kappa shape index (κ1) is 17.0. The van der Waals surface area contributed by atoms with Crippen molar-refractivity contribution in [2.24, 2.45) is 5.41 Å². The Bertz CT molecular complexity index is 323. The van der Waals surface area contributed by atoms with Gasteiger partial charge >= 0.3 is 6.18 Å². The van der Waals surface area contributed by atoms with Crippen LogP contribution in [0, 0.1) is 5.41 Å². The quantitative estimate of drug-likeness (QED) is 0.678. The van der Waals surface area contributed by atoms with Crippen LogP contribution in [0.25, 0.3) is 0 Å². The first-order valence-electron chi connectivity index (χ1n) is 5.10. The minimum atomic E-state index is -4.41. The Labute approximate surface area is 104 Å². The number of rotatable bonds is 7. The van der Waals surface area contributed by atoms with Gasteiger partial charge in [-0.1, -0.05) is 13.8 Å². The molecule has 0 spiro atoms. The van der Waals surface area contributed by atoms with E-state index in [-0.39, 0.29) is 12.4 Å². The molecule has 0 aromatic carbocycles. The molecule has 0 fully saturated rings. The fourth-order valence-corrected chi connectivity index (χ4v) is 3.37.